The molecule has 0 amide bonds. The van der Waals surface area contributed by atoms with Crippen LogP contribution >= 0.6 is 11.6 Å². The van der Waals surface area contributed by atoms with Crippen LogP contribution < -0.4 is 4.74 Å². The molecule has 88 valence electrons. The standard InChI is InChI=1S/C13H13ClN2O/c1-9-15-3-4-16(9)8-11-7-12(14)6-10-2-5-17-13(10)11/h3-4,6-7H,2,5,8H2,1H3. The lowest BCUT2D eigenvalue weighted by atomic mass is 10.1. The van der Waals surface area contributed by atoms with Crippen LogP contribution in [0.15, 0.2) is 24.5 Å². The van der Waals surface area contributed by atoms with Crippen LogP contribution in [0.2, 0.25) is 5.02 Å². The van der Waals surface area contributed by atoms with Gasteiger partial charge in [-0.05, 0) is 24.6 Å². The predicted molar refractivity (Wildman–Crippen MR) is 66.7 cm³/mol. The fraction of sp³-hybridized carbons (Fsp3) is 0.308. The molecule has 0 atom stereocenters. The fourth-order valence-corrected chi connectivity index (χ4v) is 2.48. The van der Waals surface area contributed by atoms with E-state index in [0.29, 0.717) is 0 Å². The van der Waals surface area contributed by atoms with Crippen LogP contribution in [0.5, 0.6) is 5.75 Å². The van der Waals surface area contributed by atoms with E-state index < -0.39 is 0 Å². The Bertz CT molecular complexity index is 563. The highest BCUT2D eigenvalue weighted by molar-refractivity contribution is 6.30. The topological polar surface area (TPSA) is 27.1 Å². The van der Waals surface area contributed by atoms with Gasteiger partial charge in [-0.25, -0.2) is 4.98 Å². The highest BCUT2D eigenvalue weighted by Gasteiger charge is 2.17. The van der Waals surface area contributed by atoms with E-state index in [1.165, 1.54) is 5.56 Å². The summed E-state index contributed by atoms with van der Waals surface area (Å²) >= 11 is 6.13. The monoisotopic (exact) mass is 248 g/mol. The third-order valence-electron chi connectivity index (χ3n) is 3.09. The second kappa shape index (κ2) is 4.08. The van der Waals surface area contributed by atoms with Gasteiger partial charge < -0.3 is 9.30 Å². The van der Waals surface area contributed by atoms with Gasteiger partial charge in [0, 0.05) is 29.4 Å². The molecule has 17 heavy (non-hydrogen) atoms. The summed E-state index contributed by atoms with van der Waals surface area (Å²) in [5.74, 6) is 2.00. The summed E-state index contributed by atoms with van der Waals surface area (Å²) in [6, 6.07) is 3.97. The van der Waals surface area contributed by atoms with Crippen LogP contribution in [-0.2, 0) is 13.0 Å². The molecule has 0 aliphatic carbocycles. The summed E-state index contributed by atoms with van der Waals surface area (Å²) in [6.07, 6.45) is 4.73. The largest absolute Gasteiger partial charge is 0.493 e. The van der Waals surface area contributed by atoms with E-state index in [9.17, 15) is 0 Å². The number of hydrogen-bond acceptors (Lipinski definition) is 2. The number of halogens is 1. The summed E-state index contributed by atoms with van der Waals surface area (Å²) < 4.78 is 7.77. The molecule has 4 heteroatoms. The Morgan fingerprint density at radius 2 is 2.35 bits per heavy atom. The molecular weight excluding hydrogens is 236 g/mol. The van der Waals surface area contributed by atoms with Gasteiger partial charge in [0.05, 0.1) is 13.2 Å². The van der Waals surface area contributed by atoms with E-state index in [4.69, 9.17) is 16.3 Å². The van der Waals surface area contributed by atoms with Gasteiger partial charge in [0.15, 0.2) is 0 Å². The maximum atomic E-state index is 6.13. The zero-order chi connectivity index (χ0) is 11.8. The molecule has 0 spiro atoms. The molecule has 2 heterocycles. The third-order valence-corrected chi connectivity index (χ3v) is 3.31. The Morgan fingerprint density at radius 3 is 3.12 bits per heavy atom. The predicted octanol–water partition coefficient (Wildman–Crippen LogP) is 2.83. The minimum Gasteiger partial charge on any atom is -0.493 e. The van der Waals surface area contributed by atoms with E-state index >= 15 is 0 Å². The van der Waals surface area contributed by atoms with Gasteiger partial charge in [-0.15, -0.1) is 0 Å². The van der Waals surface area contributed by atoms with E-state index in [0.717, 1.165) is 41.7 Å². The molecule has 0 radical (unpaired) electrons. The van der Waals surface area contributed by atoms with Crippen molar-refractivity contribution < 1.29 is 4.74 Å². The van der Waals surface area contributed by atoms with Crippen molar-refractivity contribution in [2.24, 2.45) is 0 Å². The maximum absolute atomic E-state index is 6.13. The Morgan fingerprint density at radius 1 is 1.47 bits per heavy atom. The Kier molecular flexibility index (Phi) is 2.56. The molecule has 0 bridgehead atoms. The lowest BCUT2D eigenvalue weighted by Gasteiger charge is -2.10. The lowest BCUT2D eigenvalue weighted by Crippen LogP contribution is -2.02. The van der Waals surface area contributed by atoms with Crippen molar-refractivity contribution in [1.29, 1.82) is 0 Å². The Hall–Kier alpha value is -1.48. The first kappa shape index (κ1) is 10.7. The number of benzene rings is 1. The molecule has 0 N–H and O–H groups in total. The summed E-state index contributed by atoms with van der Waals surface area (Å²) in [7, 11) is 0. The molecule has 3 rings (SSSR count). The fourth-order valence-electron chi connectivity index (χ4n) is 2.22. The van der Waals surface area contributed by atoms with Gasteiger partial charge in [-0.1, -0.05) is 11.6 Å². The molecule has 1 aromatic carbocycles. The second-order valence-electron chi connectivity index (χ2n) is 4.25. The molecule has 0 unspecified atom stereocenters. The number of nitrogens with zero attached hydrogens (tertiary/aromatic N) is 2. The van der Waals surface area contributed by atoms with Crippen LogP contribution in [0, 0.1) is 6.92 Å². The molecule has 1 aliphatic heterocycles. The number of aromatic nitrogens is 2. The lowest BCUT2D eigenvalue weighted by molar-refractivity contribution is 0.352. The second-order valence-corrected chi connectivity index (χ2v) is 4.69. The molecular formula is C13H13ClN2O. The van der Waals surface area contributed by atoms with Crippen molar-refractivity contribution in [2.75, 3.05) is 6.61 Å². The normalized spacial score (nSPS) is 13.5. The molecule has 0 saturated carbocycles. The number of imidazole rings is 1. The average Bonchev–Trinajstić information content (AvgIpc) is 2.88. The van der Waals surface area contributed by atoms with Crippen LogP contribution in [0.1, 0.15) is 17.0 Å². The quantitative estimate of drug-likeness (QED) is 0.817. The summed E-state index contributed by atoms with van der Waals surface area (Å²) in [4.78, 5) is 4.22. The van der Waals surface area contributed by atoms with Crippen LogP contribution in [0.4, 0.5) is 0 Å². The molecule has 1 aromatic heterocycles. The van der Waals surface area contributed by atoms with Gasteiger partial charge in [0.1, 0.15) is 11.6 Å². The third kappa shape index (κ3) is 1.91. The zero-order valence-corrected chi connectivity index (χ0v) is 10.4. The van der Waals surface area contributed by atoms with Gasteiger partial charge >= 0.3 is 0 Å². The van der Waals surface area contributed by atoms with Gasteiger partial charge in [0.25, 0.3) is 0 Å². The molecule has 0 fully saturated rings. The van der Waals surface area contributed by atoms with Crippen LogP contribution in [0.25, 0.3) is 0 Å². The van der Waals surface area contributed by atoms with Crippen molar-refractivity contribution in [3.63, 3.8) is 0 Å². The molecule has 1 aliphatic rings. The number of hydrogen-bond donors (Lipinski definition) is 0. The van der Waals surface area contributed by atoms with E-state index in [-0.39, 0.29) is 0 Å². The van der Waals surface area contributed by atoms with Crippen LogP contribution in [0.3, 0.4) is 0 Å². The van der Waals surface area contributed by atoms with Crippen molar-refractivity contribution >= 4 is 11.6 Å². The number of aryl methyl sites for hydroxylation is 1. The van der Waals surface area contributed by atoms with Crippen LogP contribution in [-0.4, -0.2) is 16.2 Å². The first-order valence-electron chi connectivity index (χ1n) is 5.66. The minimum absolute atomic E-state index is 0.756. The maximum Gasteiger partial charge on any atom is 0.127 e. The first-order chi connectivity index (χ1) is 8.24. The Labute approximate surface area is 105 Å². The number of rotatable bonds is 2. The highest BCUT2D eigenvalue weighted by Crippen LogP contribution is 2.33. The van der Waals surface area contributed by atoms with Crippen molar-refractivity contribution in [3.8, 4) is 5.75 Å². The summed E-state index contributed by atoms with van der Waals surface area (Å²) in [5, 5.41) is 0.780. The van der Waals surface area contributed by atoms with Crippen molar-refractivity contribution in [2.45, 2.75) is 19.9 Å². The van der Waals surface area contributed by atoms with E-state index in [1.54, 1.807) is 6.20 Å². The van der Waals surface area contributed by atoms with Crippen molar-refractivity contribution in [3.05, 3.63) is 46.5 Å². The molecule has 0 saturated heterocycles. The van der Waals surface area contributed by atoms with E-state index in [1.807, 2.05) is 25.3 Å². The molecule has 3 nitrogen and oxygen atoms in total. The van der Waals surface area contributed by atoms with Crippen molar-refractivity contribution in [1.82, 2.24) is 9.55 Å². The molecule has 2 aromatic rings. The summed E-state index contributed by atoms with van der Waals surface area (Å²) in [6.45, 7) is 3.51. The van der Waals surface area contributed by atoms with Gasteiger partial charge in [0.2, 0.25) is 0 Å². The average molecular weight is 249 g/mol. The van der Waals surface area contributed by atoms with E-state index in [2.05, 4.69) is 9.55 Å². The number of ether oxygens (including phenoxy) is 1. The SMILES string of the molecule is Cc1nccn1Cc1cc(Cl)cc2c1OCC2. The van der Waals surface area contributed by atoms with Gasteiger partial charge in [-0.3, -0.25) is 0 Å². The van der Waals surface area contributed by atoms with Gasteiger partial charge in [-0.2, -0.15) is 0 Å². The Balaban J connectivity index is 2.01. The zero-order valence-electron chi connectivity index (χ0n) is 9.61. The summed E-state index contributed by atoms with van der Waals surface area (Å²) in [5.41, 5.74) is 2.34. The highest BCUT2D eigenvalue weighted by atomic mass is 35.5. The minimum atomic E-state index is 0.756. The number of fused-ring (bicyclic) bond motifs is 1. The first-order valence-corrected chi connectivity index (χ1v) is 6.03. The smallest absolute Gasteiger partial charge is 0.127 e.